The van der Waals surface area contributed by atoms with Gasteiger partial charge in [0, 0.05) is 24.7 Å². The summed E-state index contributed by atoms with van der Waals surface area (Å²) >= 11 is 0. The summed E-state index contributed by atoms with van der Waals surface area (Å²) in [5.41, 5.74) is 0.323. The van der Waals surface area contributed by atoms with Gasteiger partial charge in [-0.25, -0.2) is 13.1 Å². The molecule has 1 aliphatic carbocycles. The van der Waals surface area contributed by atoms with Crippen molar-refractivity contribution in [1.82, 2.24) is 14.9 Å². The summed E-state index contributed by atoms with van der Waals surface area (Å²) in [7, 11) is -2.28. The van der Waals surface area contributed by atoms with E-state index in [4.69, 9.17) is 4.74 Å². The van der Waals surface area contributed by atoms with E-state index >= 15 is 0 Å². The predicted octanol–water partition coefficient (Wildman–Crippen LogP) is 1.99. The van der Waals surface area contributed by atoms with Crippen LogP contribution in [-0.4, -0.2) is 58.6 Å². The van der Waals surface area contributed by atoms with Crippen molar-refractivity contribution in [1.29, 1.82) is 0 Å². The molecule has 1 heterocycles. The van der Waals surface area contributed by atoms with E-state index in [1.807, 2.05) is 0 Å². The van der Waals surface area contributed by atoms with E-state index in [0.717, 1.165) is 44.8 Å². The summed E-state index contributed by atoms with van der Waals surface area (Å²) < 4.78 is 33.0. The van der Waals surface area contributed by atoms with Crippen LogP contribution in [0, 0.1) is 5.92 Å². The molecule has 1 saturated heterocycles. The van der Waals surface area contributed by atoms with Crippen molar-refractivity contribution in [3.63, 3.8) is 0 Å². The third kappa shape index (κ3) is 5.68. The second-order valence-electron chi connectivity index (χ2n) is 7.92. The van der Waals surface area contributed by atoms with Crippen LogP contribution in [0.5, 0.6) is 5.75 Å². The fourth-order valence-corrected chi connectivity index (χ4v) is 5.11. The van der Waals surface area contributed by atoms with Crippen molar-refractivity contribution in [2.45, 2.75) is 50.0 Å². The van der Waals surface area contributed by atoms with Gasteiger partial charge in [-0.3, -0.25) is 4.79 Å². The lowest BCUT2D eigenvalue weighted by atomic mass is 10.0. The van der Waals surface area contributed by atoms with E-state index in [1.165, 1.54) is 32.1 Å². The third-order valence-corrected chi connectivity index (χ3v) is 6.83. The zero-order chi connectivity index (χ0) is 20.1. The summed E-state index contributed by atoms with van der Waals surface area (Å²) in [5, 5.41) is 2.90. The number of methoxy groups -OCH3 is 1. The first kappa shape index (κ1) is 21.1. The van der Waals surface area contributed by atoms with Crippen LogP contribution in [-0.2, 0) is 10.0 Å². The summed E-state index contributed by atoms with van der Waals surface area (Å²) in [4.78, 5) is 14.9. The number of hydrogen-bond acceptors (Lipinski definition) is 5. The van der Waals surface area contributed by atoms with Crippen molar-refractivity contribution in [2.75, 3.05) is 33.3 Å². The third-order valence-electron chi connectivity index (χ3n) is 5.29. The van der Waals surface area contributed by atoms with Crippen LogP contribution < -0.4 is 14.8 Å². The molecular weight excluding hydrogens is 378 g/mol. The van der Waals surface area contributed by atoms with Gasteiger partial charge in [-0.2, -0.15) is 0 Å². The van der Waals surface area contributed by atoms with Gasteiger partial charge >= 0.3 is 0 Å². The standard InChI is InChI=1S/C20H31N3O4S/c1-15-5-3-11-23(14-15)12-4-10-21-20(24)16-6-9-18(27-2)19(13-16)28(25,26)22-17-7-8-17/h6,9,13,15,17,22H,3-5,7-8,10-12,14H2,1-2H3,(H,21,24). The van der Waals surface area contributed by atoms with E-state index in [-0.39, 0.29) is 22.6 Å². The van der Waals surface area contributed by atoms with Crippen molar-refractivity contribution < 1.29 is 17.9 Å². The molecule has 1 amide bonds. The number of sulfonamides is 1. The highest BCUT2D eigenvalue weighted by atomic mass is 32.2. The van der Waals surface area contributed by atoms with Gasteiger partial charge in [0.15, 0.2) is 0 Å². The maximum Gasteiger partial charge on any atom is 0.251 e. The Labute approximate surface area is 167 Å². The lowest BCUT2D eigenvalue weighted by molar-refractivity contribution is 0.0950. The number of likely N-dealkylation sites (tertiary alicyclic amines) is 1. The van der Waals surface area contributed by atoms with E-state index in [1.54, 1.807) is 6.07 Å². The molecular formula is C20H31N3O4S. The number of piperidine rings is 1. The zero-order valence-corrected chi connectivity index (χ0v) is 17.6. The molecule has 8 heteroatoms. The molecule has 0 radical (unpaired) electrons. The van der Waals surface area contributed by atoms with Crippen LogP contribution >= 0.6 is 0 Å². The minimum atomic E-state index is -3.70. The fourth-order valence-electron chi connectivity index (χ4n) is 3.61. The van der Waals surface area contributed by atoms with Crippen LogP contribution in [0.2, 0.25) is 0 Å². The fraction of sp³-hybridized carbons (Fsp3) is 0.650. The molecule has 7 nitrogen and oxygen atoms in total. The van der Waals surface area contributed by atoms with Crippen LogP contribution in [0.4, 0.5) is 0 Å². The first-order chi connectivity index (χ1) is 13.4. The number of hydrogen-bond donors (Lipinski definition) is 2. The van der Waals surface area contributed by atoms with Crippen molar-refractivity contribution >= 4 is 15.9 Å². The molecule has 28 heavy (non-hydrogen) atoms. The molecule has 2 fully saturated rings. The van der Waals surface area contributed by atoms with Gasteiger partial charge < -0.3 is 15.0 Å². The van der Waals surface area contributed by atoms with Gasteiger partial charge in [-0.05, 0) is 69.3 Å². The maximum absolute atomic E-state index is 12.6. The predicted molar refractivity (Wildman–Crippen MR) is 108 cm³/mol. The van der Waals surface area contributed by atoms with E-state index in [9.17, 15) is 13.2 Å². The van der Waals surface area contributed by atoms with Gasteiger partial charge in [-0.1, -0.05) is 6.92 Å². The van der Waals surface area contributed by atoms with Crippen molar-refractivity contribution in [3.05, 3.63) is 23.8 Å². The summed E-state index contributed by atoms with van der Waals surface area (Å²) in [6, 6.07) is 4.51. The van der Waals surface area contributed by atoms with Crippen molar-refractivity contribution in [2.24, 2.45) is 5.92 Å². The molecule has 1 aromatic carbocycles. The number of ether oxygens (including phenoxy) is 1. The van der Waals surface area contributed by atoms with Crippen LogP contribution in [0.3, 0.4) is 0 Å². The smallest absolute Gasteiger partial charge is 0.251 e. The number of benzene rings is 1. The number of nitrogens with zero attached hydrogens (tertiary/aromatic N) is 1. The zero-order valence-electron chi connectivity index (χ0n) is 16.7. The Hall–Kier alpha value is -1.64. The highest BCUT2D eigenvalue weighted by molar-refractivity contribution is 7.89. The van der Waals surface area contributed by atoms with Crippen LogP contribution in [0.1, 0.15) is 49.4 Å². The molecule has 1 atom stereocenters. The number of carbonyl (C=O) groups is 1. The summed E-state index contributed by atoms with van der Waals surface area (Å²) in [6.07, 6.45) is 5.11. The van der Waals surface area contributed by atoms with Crippen LogP contribution in [0.25, 0.3) is 0 Å². The topological polar surface area (TPSA) is 87.7 Å². The van der Waals surface area contributed by atoms with Gasteiger partial charge in [0.1, 0.15) is 10.6 Å². The normalized spacial score (nSPS) is 20.7. The Bertz CT molecular complexity index is 793. The molecule has 1 aliphatic heterocycles. The van der Waals surface area contributed by atoms with Gasteiger partial charge in [0.25, 0.3) is 5.91 Å². The second kappa shape index (κ2) is 9.24. The molecule has 156 valence electrons. The number of amides is 1. The minimum Gasteiger partial charge on any atom is -0.495 e. The minimum absolute atomic E-state index is 0.00954. The summed E-state index contributed by atoms with van der Waals surface area (Å²) in [6.45, 7) is 6.07. The molecule has 2 N–H and O–H groups in total. The molecule has 0 bridgehead atoms. The maximum atomic E-state index is 12.6. The Morgan fingerprint density at radius 2 is 2.07 bits per heavy atom. The SMILES string of the molecule is COc1ccc(C(=O)NCCCN2CCCC(C)C2)cc1S(=O)(=O)NC1CC1. The monoisotopic (exact) mass is 409 g/mol. The average molecular weight is 410 g/mol. The van der Waals surface area contributed by atoms with Crippen molar-refractivity contribution in [3.8, 4) is 5.75 Å². The van der Waals surface area contributed by atoms with E-state index in [2.05, 4.69) is 21.9 Å². The van der Waals surface area contributed by atoms with Gasteiger partial charge in [0.05, 0.1) is 7.11 Å². The Balaban J connectivity index is 1.56. The molecule has 2 aliphatic rings. The number of rotatable bonds is 9. The molecule has 1 unspecified atom stereocenters. The van der Waals surface area contributed by atoms with E-state index < -0.39 is 10.0 Å². The molecule has 0 aromatic heterocycles. The number of nitrogens with one attached hydrogen (secondary N) is 2. The van der Waals surface area contributed by atoms with E-state index in [0.29, 0.717) is 12.1 Å². The lowest BCUT2D eigenvalue weighted by Crippen LogP contribution is -2.36. The molecule has 0 spiro atoms. The molecule has 1 aromatic rings. The second-order valence-corrected chi connectivity index (χ2v) is 9.60. The Morgan fingerprint density at radius 3 is 2.75 bits per heavy atom. The quantitative estimate of drug-likeness (QED) is 0.609. The average Bonchev–Trinajstić information content (AvgIpc) is 3.48. The summed E-state index contributed by atoms with van der Waals surface area (Å²) in [5.74, 6) is 0.716. The first-order valence-electron chi connectivity index (χ1n) is 10.1. The number of carbonyl (C=O) groups excluding carboxylic acids is 1. The van der Waals surface area contributed by atoms with Gasteiger partial charge in [-0.15, -0.1) is 0 Å². The first-order valence-corrected chi connectivity index (χ1v) is 11.6. The Kier molecular flexibility index (Phi) is 6.95. The lowest BCUT2D eigenvalue weighted by Gasteiger charge is -2.30. The highest BCUT2D eigenvalue weighted by Crippen LogP contribution is 2.28. The largest absolute Gasteiger partial charge is 0.495 e. The Morgan fingerprint density at radius 1 is 1.29 bits per heavy atom. The molecule has 3 rings (SSSR count). The highest BCUT2D eigenvalue weighted by Gasteiger charge is 2.30. The van der Waals surface area contributed by atoms with Gasteiger partial charge in [0.2, 0.25) is 10.0 Å². The van der Waals surface area contributed by atoms with Crippen LogP contribution in [0.15, 0.2) is 23.1 Å². The molecule has 1 saturated carbocycles.